The van der Waals surface area contributed by atoms with Crippen molar-refractivity contribution < 1.29 is 0 Å². The summed E-state index contributed by atoms with van der Waals surface area (Å²) < 4.78 is 0. The Hall–Kier alpha value is -2.66. The van der Waals surface area contributed by atoms with Crippen LogP contribution >= 0.6 is 11.3 Å². The molecule has 0 radical (unpaired) electrons. The molecule has 0 saturated carbocycles. The van der Waals surface area contributed by atoms with Gasteiger partial charge in [-0.25, -0.2) is 4.98 Å². The van der Waals surface area contributed by atoms with Crippen LogP contribution in [0.2, 0.25) is 0 Å². The molecule has 4 nitrogen and oxygen atoms in total. The Morgan fingerprint density at radius 1 is 0.963 bits per heavy atom. The van der Waals surface area contributed by atoms with Crippen LogP contribution in [0.4, 0.5) is 0 Å². The highest BCUT2D eigenvalue weighted by Gasteiger charge is 2.14. The Kier molecular flexibility index (Phi) is 6.60. The van der Waals surface area contributed by atoms with Crippen molar-refractivity contribution in [2.45, 2.75) is 26.3 Å². The van der Waals surface area contributed by atoms with E-state index in [4.69, 9.17) is 0 Å². The van der Waals surface area contributed by atoms with Crippen LogP contribution in [-0.4, -0.2) is 24.5 Å². The maximum atomic E-state index is 4.58. The van der Waals surface area contributed by atoms with Crippen molar-refractivity contribution in [2.24, 2.45) is 4.99 Å². The van der Waals surface area contributed by atoms with Crippen LogP contribution in [0.15, 0.2) is 65.7 Å². The maximum Gasteiger partial charge on any atom is 0.191 e. The zero-order valence-electron chi connectivity index (χ0n) is 16.1. The number of nitrogens with zero attached hydrogens (tertiary/aromatic N) is 2. The van der Waals surface area contributed by atoms with Gasteiger partial charge in [-0.05, 0) is 25.0 Å². The molecule has 0 spiro atoms. The SMILES string of the molecule is CN=C(NCc1nc(C)c(C)s1)NCC(c1ccccc1)c1ccccc1. The Morgan fingerprint density at radius 3 is 2.04 bits per heavy atom. The molecule has 0 aliphatic heterocycles. The summed E-state index contributed by atoms with van der Waals surface area (Å²) in [7, 11) is 1.80. The maximum absolute atomic E-state index is 4.58. The van der Waals surface area contributed by atoms with Crippen LogP contribution in [0, 0.1) is 13.8 Å². The van der Waals surface area contributed by atoms with Crippen LogP contribution in [0.3, 0.4) is 0 Å². The van der Waals surface area contributed by atoms with E-state index in [1.807, 2.05) is 6.92 Å². The Labute approximate surface area is 165 Å². The van der Waals surface area contributed by atoms with Gasteiger partial charge in [-0.2, -0.15) is 0 Å². The number of aryl methyl sites for hydroxylation is 2. The van der Waals surface area contributed by atoms with Gasteiger partial charge < -0.3 is 10.6 Å². The zero-order valence-corrected chi connectivity index (χ0v) is 16.9. The van der Waals surface area contributed by atoms with Crippen molar-refractivity contribution in [2.75, 3.05) is 13.6 Å². The van der Waals surface area contributed by atoms with Gasteiger partial charge in [-0.15, -0.1) is 11.3 Å². The van der Waals surface area contributed by atoms with Gasteiger partial charge in [0, 0.05) is 24.4 Å². The minimum absolute atomic E-state index is 0.260. The molecule has 2 aromatic carbocycles. The first-order chi connectivity index (χ1) is 13.2. The molecule has 3 aromatic rings. The standard InChI is InChI=1S/C22H26N4S/c1-16-17(2)27-21(26-16)15-25-22(23-3)24-14-20(18-10-6-4-7-11-18)19-12-8-5-9-13-19/h4-13,20H,14-15H2,1-3H3,(H2,23,24,25). The van der Waals surface area contributed by atoms with Gasteiger partial charge in [0.1, 0.15) is 5.01 Å². The minimum atomic E-state index is 0.260. The lowest BCUT2D eigenvalue weighted by molar-refractivity contribution is 0.727. The second-order valence-electron chi connectivity index (χ2n) is 6.43. The van der Waals surface area contributed by atoms with Crippen LogP contribution in [0.25, 0.3) is 0 Å². The van der Waals surface area contributed by atoms with Gasteiger partial charge >= 0.3 is 0 Å². The van der Waals surface area contributed by atoms with E-state index < -0.39 is 0 Å². The summed E-state index contributed by atoms with van der Waals surface area (Å²) in [5.74, 6) is 1.05. The number of aliphatic imine (C=N–C) groups is 1. The monoisotopic (exact) mass is 378 g/mol. The first kappa shape index (κ1) is 19.1. The first-order valence-electron chi connectivity index (χ1n) is 9.14. The van der Waals surface area contributed by atoms with Gasteiger partial charge in [0.2, 0.25) is 0 Å². The van der Waals surface area contributed by atoms with E-state index in [0.717, 1.165) is 23.2 Å². The molecule has 0 aliphatic carbocycles. The lowest BCUT2D eigenvalue weighted by Gasteiger charge is -2.20. The van der Waals surface area contributed by atoms with E-state index in [9.17, 15) is 0 Å². The average molecular weight is 379 g/mol. The van der Waals surface area contributed by atoms with E-state index in [1.165, 1.54) is 16.0 Å². The number of thiazole rings is 1. The van der Waals surface area contributed by atoms with Crippen LogP contribution in [0.1, 0.15) is 32.6 Å². The molecule has 0 atom stereocenters. The van der Waals surface area contributed by atoms with Gasteiger partial charge in [0.15, 0.2) is 5.96 Å². The highest BCUT2D eigenvalue weighted by Crippen LogP contribution is 2.23. The highest BCUT2D eigenvalue weighted by molar-refractivity contribution is 7.11. The largest absolute Gasteiger partial charge is 0.355 e. The Bertz CT molecular complexity index is 813. The van der Waals surface area contributed by atoms with Crippen molar-refractivity contribution in [3.63, 3.8) is 0 Å². The van der Waals surface area contributed by atoms with Gasteiger partial charge in [-0.1, -0.05) is 60.7 Å². The van der Waals surface area contributed by atoms with E-state index in [1.54, 1.807) is 18.4 Å². The molecule has 1 heterocycles. The molecule has 0 aliphatic rings. The topological polar surface area (TPSA) is 49.3 Å². The fraction of sp³-hybridized carbons (Fsp3) is 0.273. The molecule has 0 bridgehead atoms. The molecular formula is C22H26N4S. The molecule has 5 heteroatoms. The number of hydrogen-bond acceptors (Lipinski definition) is 3. The van der Waals surface area contributed by atoms with E-state index >= 15 is 0 Å². The molecule has 0 amide bonds. The number of guanidine groups is 1. The summed E-state index contributed by atoms with van der Waals surface area (Å²) in [5, 5.41) is 7.92. The third-order valence-corrected chi connectivity index (χ3v) is 5.65. The normalized spacial score (nSPS) is 11.6. The molecule has 1 aromatic heterocycles. The smallest absolute Gasteiger partial charge is 0.191 e. The zero-order chi connectivity index (χ0) is 19.1. The third-order valence-electron chi connectivity index (χ3n) is 4.58. The van der Waals surface area contributed by atoms with Crippen molar-refractivity contribution in [3.05, 3.63) is 87.4 Å². The van der Waals surface area contributed by atoms with Crippen LogP contribution in [0.5, 0.6) is 0 Å². The lowest BCUT2D eigenvalue weighted by Crippen LogP contribution is -2.39. The number of nitrogens with one attached hydrogen (secondary N) is 2. The predicted molar refractivity (Wildman–Crippen MR) is 115 cm³/mol. The van der Waals surface area contributed by atoms with Gasteiger partial charge in [-0.3, -0.25) is 4.99 Å². The second-order valence-corrected chi connectivity index (χ2v) is 7.72. The summed E-state index contributed by atoms with van der Waals surface area (Å²) in [6.07, 6.45) is 0. The van der Waals surface area contributed by atoms with Gasteiger partial charge in [0.25, 0.3) is 0 Å². The van der Waals surface area contributed by atoms with Crippen LogP contribution < -0.4 is 10.6 Å². The van der Waals surface area contributed by atoms with Crippen molar-refractivity contribution >= 4 is 17.3 Å². The first-order valence-corrected chi connectivity index (χ1v) is 9.96. The summed E-state index contributed by atoms with van der Waals surface area (Å²) in [6.45, 7) is 5.60. The van der Waals surface area contributed by atoms with Gasteiger partial charge in [0.05, 0.1) is 12.2 Å². The molecule has 27 heavy (non-hydrogen) atoms. The molecule has 0 unspecified atom stereocenters. The highest BCUT2D eigenvalue weighted by atomic mass is 32.1. The predicted octanol–water partition coefficient (Wildman–Crippen LogP) is 4.26. The Morgan fingerprint density at radius 2 is 1.56 bits per heavy atom. The fourth-order valence-electron chi connectivity index (χ4n) is 2.99. The number of benzene rings is 2. The van der Waals surface area contributed by atoms with Crippen LogP contribution in [-0.2, 0) is 6.54 Å². The Balaban J connectivity index is 1.66. The molecular weight excluding hydrogens is 352 g/mol. The summed E-state index contributed by atoms with van der Waals surface area (Å²) in [4.78, 5) is 10.2. The van der Waals surface area contributed by atoms with Crippen molar-refractivity contribution in [3.8, 4) is 0 Å². The lowest BCUT2D eigenvalue weighted by atomic mass is 9.91. The molecule has 2 N–H and O–H groups in total. The summed E-state index contributed by atoms with van der Waals surface area (Å²) in [5.41, 5.74) is 3.68. The third kappa shape index (κ3) is 5.17. The second kappa shape index (κ2) is 9.33. The quantitative estimate of drug-likeness (QED) is 0.498. The summed E-state index contributed by atoms with van der Waals surface area (Å²) in [6, 6.07) is 21.2. The molecule has 0 fully saturated rings. The van der Waals surface area contributed by atoms with Crippen molar-refractivity contribution in [1.29, 1.82) is 0 Å². The van der Waals surface area contributed by atoms with E-state index in [-0.39, 0.29) is 5.92 Å². The number of rotatable bonds is 6. The average Bonchev–Trinajstić information content (AvgIpc) is 3.03. The summed E-state index contributed by atoms with van der Waals surface area (Å²) >= 11 is 1.73. The minimum Gasteiger partial charge on any atom is -0.355 e. The molecule has 140 valence electrons. The number of hydrogen-bond donors (Lipinski definition) is 2. The number of aromatic nitrogens is 1. The van der Waals surface area contributed by atoms with E-state index in [0.29, 0.717) is 6.54 Å². The fourth-order valence-corrected chi connectivity index (χ4v) is 3.87. The van der Waals surface area contributed by atoms with E-state index in [2.05, 4.69) is 88.2 Å². The van der Waals surface area contributed by atoms with Crippen molar-refractivity contribution in [1.82, 2.24) is 15.6 Å². The molecule has 3 rings (SSSR count). The molecule has 0 saturated heterocycles.